The molecule has 112 valence electrons. The van der Waals surface area contributed by atoms with Crippen molar-refractivity contribution in [2.75, 3.05) is 13.1 Å². The average molecular weight is 279 g/mol. The molecule has 0 radical (unpaired) electrons. The predicted molar refractivity (Wildman–Crippen MR) is 77.5 cm³/mol. The van der Waals surface area contributed by atoms with Crippen LogP contribution in [0.15, 0.2) is 5.16 Å². The molecule has 0 aromatic rings. The standard InChI is InChI=1S/C15H25N3O2/c1-10(2)13-8-12(20-17-13)9-18-7-3-4-14(18)15(19)16-11-5-6-11/h10-12,14H,3-9H2,1-2H3,(H,16,19)/t12-,14-/m1/s1. The Labute approximate surface area is 120 Å². The Morgan fingerprint density at radius 3 is 2.90 bits per heavy atom. The van der Waals surface area contributed by atoms with Crippen molar-refractivity contribution >= 4 is 11.6 Å². The van der Waals surface area contributed by atoms with Gasteiger partial charge in [0.1, 0.15) is 6.10 Å². The Balaban J connectivity index is 1.50. The molecule has 20 heavy (non-hydrogen) atoms. The summed E-state index contributed by atoms with van der Waals surface area (Å²) in [6, 6.07) is 0.492. The largest absolute Gasteiger partial charge is 0.391 e. The number of oxime groups is 1. The molecule has 0 aromatic carbocycles. The van der Waals surface area contributed by atoms with E-state index in [1.54, 1.807) is 0 Å². The maximum absolute atomic E-state index is 12.2. The first-order valence-corrected chi connectivity index (χ1v) is 7.90. The van der Waals surface area contributed by atoms with Gasteiger partial charge in [-0.3, -0.25) is 9.69 Å². The van der Waals surface area contributed by atoms with Crippen molar-refractivity contribution in [2.24, 2.45) is 11.1 Å². The highest BCUT2D eigenvalue weighted by molar-refractivity contribution is 5.87. The summed E-state index contributed by atoms with van der Waals surface area (Å²) >= 11 is 0. The number of amides is 1. The highest BCUT2D eigenvalue weighted by atomic mass is 16.6. The molecule has 1 saturated carbocycles. The first-order valence-electron chi connectivity index (χ1n) is 7.90. The summed E-state index contributed by atoms with van der Waals surface area (Å²) in [6.07, 6.45) is 5.41. The number of hydrogen-bond donors (Lipinski definition) is 1. The summed E-state index contributed by atoms with van der Waals surface area (Å²) in [5, 5.41) is 7.30. The summed E-state index contributed by atoms with van der Waals surface area (Å²) in [5.74, 6) is 0.667. The maximum Gasteiger partial charge on any atom is 0.237 e. The minimum Gasteiger partial charge on any atom is -0.391 e. The average Bonchev–Trinajstić information content (AvgIpc) is 2.93. The molecule has 1 amide bonds. The van der Waals surface area contributed by atoms with Crippen LogP contribution < -0.4 is 5.32 Å². The zero-order valence-electron chi connectivity index (χ0n) is 12.5. The molecule has 0 bridgehead atoms. The Morgan fingerprint density at radius 2 is 2.25 bits per heavy atom. The molecular formula is C15H25N3O2. The van der Waals surface area contributed by atoms with E-state index in [4.69, 9.17) is 4.84 Å². The van der Waals surface area contributed by atoms with Crippen molar-refractivity contribution in [1.82, 2.24) is 10.2 Å². The second-order valence-electron chi connectivity index (χ2n) is 6.60. The van der Waals surface area contributed by atoms with E-state index in [9.17, 15) is 4.79 Å². The zero-order valence-corrected chi connectivity index (χ0v) is 12.5. The topological polar surface area (TPSA) is 53.9 Å². The summed E-state index contributed by atoms with van der Waals surface area (Å²) in [5.41, 5.74) is 1.15. The van der Waals surface area contributed by atoms with Gasteiger partial charge in [0.15, 0.2) is 0 Å². The summed E-state index contributed by atoms with van der Waals surface area (Å²) in [7, 11) is 0. The van der Waals surface area contributed by atoms with Gasteiger partial charge in [0.05, 0.1) is 11.8 Å². The molecular weight excluding hydrogens is 254 g/mol. The van der Waals surface area contributed by atoms with Crippen LogP contribution in [0.5, 0.6) is 0 Å². The minimum absolute atomic E-state index is 0.0438. The molecule has 0 aromatic heterocycles. The predicted octanol–water partition coefficient (Wildman–Crippen LogP) is 1.53. The van der Waals surface area contributed by atoms with Crippen molar-refractivity contribution in [1.29, 1.82) is 0 Å². The lowest BCUT2D eigenvalue weighted by Gasteiger charge is -2.25. The van der Waals surface area contributed by atoms with E-state index in [0.29, 0.717) is 12.0 Å². The fourth-order valence-corrected chi connectivity index (χ4v) is 3.02. The number of rotatable bonds is 5. The van der Waals surface area contributed by atoms with Gasteiger partial charge in [-0.25, -0.2) is 0 Å². The maximum atomic E-state index is 12.2. The number of carbonyl (C=O) groups excluding carboxylic acids is 1. The molecule has 0 spiro atoms. The quantitative estimate of drug-likeness (QED) is 0.830. The zero-order chi connectivity index (χ0) is 14.1. The number of carbonyl (C=O) groups is 1. The molecule has 2 fully saturated rings. The van der Waals surface area contributed by atoms with Crippen LogP contribution in [0.1, 0.15) is 46.0 Å². The first kappa shape index (κ1) is 13.9. The second-order valence-corrected chi connectivity index (χ2v) is 6.60. The van der Waals surface area contributed by atoms with Gasteiger partial charge >= 0.3 is 0 Å². The first-order chi connectivity index (χ1) is 9.63. The van der Waals surface area contributed by atoms with E-state index >= 15 is 0 Å². The number of nitrogens with one attached hydrogen (secondary N) is 1. The van der Waals surface area contributed by atoms with Gasteiger partial charge in [0.2, 0.25) is 5.91 Å². The van der Waals surface area contributed by atoms with E-state index in [0.717, 1.165) is 50.9 Å². The normalized spacial score (nSPS) is 30.4. The van der Waals surface area contributed by atoms with Crippen LogP contribution in [0.25, 0.3) is 0 Å². The molecule has 1 aliphatic carbocycles. The molecule has 3 rings (SSSR count). The SMILES string of the molecule is CC(C)C1=NO[C@@H](CN2CCC[C@@H]2C(=O)NC2CC2)C1. The van der Waals surface area contributed by atoms with Crippen molar-refractivity contribution < 1.29 is 9.63 Å². The minimum atomic E-state index is 0.0438. The van der Waals surface area contributed by atoms with Crippen LogP contribution in [0, 0.1) is 5.92 Å². The Hall–Kier alpha value is -1.10. The van der Waals surface area contributed by atoms with Gasteiger partial charge in [0.25, 0.3) is 0 Å². The van der Waals surface area contributed by atoms with E-state index in [-0.39, 0.29) is 18.1 Å². The molecule has 5 heteroatoms. The van der Waals surface area contributed by atoms with Crippen LogP contribution in [-0.4, -0.2) is 47.8 Å². The third-order valence-electron chi connectivity index (χ3n) is 4.45. The van der Waals surface area contributed by atoms with E-state index < -0.39 is 0 Å². The number of likely N-dealkylation sites (tertiary alicyclic amines) is 1. The summed E-state index contributed by atoms with van der Waals surface area (Å²) in [4.78, 5) is 20.0. The molecule has 1 N–H and O–H groups in total. The van der Waals surface area contributed by atoms with Crippen LogP contribution in [0.2, 0.25) is 0 Å². The van der Waals surface area contributed by atoms with E-state index in [1.165, 1.54) is 0 Å². The highest BCUT2D eigenvalue weighted by Crippen LogP contribution is 2.24. The number of nitrogens with zero attached hydrogens (tertiary/aromatic N) is 2. The lowest BCUT2D eigenvalue weighted by molar-refractivity contribution is -0.126. The fourth-order valence-electron chi connectivity index (χ4n) is 3.02. The monoisotopic (exact) mass is 279 g/mol. The third-order valence-corrected chi connectivity index (χ3v) is 4.45. The second kappa shape index (κ2) is 5.72. The Morgan fingerprint density at radius 1 is 1.45 bits per heavy atom. The van der Waals surface area contributed by atoms with Gasteiger partial charge in [-0.1, -0.05) is 19.0 Å². The van der Waals surface area contributed by atoms with Crippen molar-refractivity contribution in [2.45, 2.75) is 64.1 Å². The lowest BCUT2D eigenvalue weighted by Crippen LogP contribution is -2.46. The molecule has 5 nitrogen and oxygen atoms in total. The Kier molecular flexibility index (Phi) is 3.96. The van der Waals surface area contributed by atoms with E-state index in [1.807, 2.05) is 0 Å². The van der Waals surface area contributed by atoms with Gasteiger partial charge < -0.3 is 10.2 Å². The Bertz CT molecular complexity index is 404. The van der Waals surface area contributed by atoms with Gasteiger partial charge in [0, 0.05) is 19.0 Å². The van der Waals surface area contributed by atoms with Crippen LogP contribution in [0.3, 0.4) is 0 Å². The van der Waals surface area contributed by atoms with Crippen LogP contribution >= 0.6 is 0 Å². The molecule has 2 heterocycles. The highest BCUT2D eigenvalue weighted by Gasteiger charge is 2.36. The van der Waals surface area contributed by atoms with Crippen molar-refractivity contribution in [3.8, 4) is 0 Å². The lowest BCUT2D eigenvalue weighted by atomic mass is 10.0. The van der Waals surface area contributed by atoms with Crippen LogP contribution in [-0.2, 0) is 9.63 Å². The third kappa shape index (κ3) is 3.14. The summed E-state index contributed by atoms with van der Waals surface area (Å²) < 4.78 is 0. The molecule has 0 unspecified atom stereocenters. The van der Waals surface area contributed by atoms with E-state index in [2.05, 4.69) is 29.2 Å². The smallest absolute Gasteiger partial charge is 0.237 e. The molecule has 1 saturated heterocycles. The summed E-state index contributed by atoms with van der Waals surface area (Å²) in [6.45, 7) is 6.11. The van der Waals surface area contributed by atoms with Gasteiger partial charge in [-0.05, 0) is 38.1 Å². The molecule has 3 aliphatic rings. The fraction of sp³-hybridized carbons (Fsp3) is 0.867. The van der Waals surface area contributed by atoms with Gasteiger partial charge in [-0.2, -0.15) is 0 Å². The van der Waals surface area contributed by atoms with Crippen molar-refractivity contribution in [3.05, 3.63) is 0 Å². The molecule has 2 atom stereocenters. The van der Waals surface area contributed by atoms with Gasteiger partial charge in [-0.15, -0.1) is 0 Å². The van der Waals surface area contributed by atoms with Crippen LogP contribution in [0.4, 0.5) is 0 Å². The number of hydrogen-bond acceptors (Lipinski definition) is 4. The van der Waals surface area contributed by atoms with Crippen molar-refractivity contribution in [3.63, 3.8) is 0 Å². The molecule has 2 aliphatic heterocycles.